The highest BCUT2D eigenvalue weighted by atomic mass is 16.7. The molecule has 11 heteroatoms. The summed E-state index contributed by atoms with van der Waals surface area (Å²) in [4.78, 5) is 23.3. The minimum Gasteiger partial charge on any atom is -0.508 e. The molecule has 0 radical (unpaired) electrons. The van der Waals surface area contributed by atoms with Gasteiger partial charge in [-0.15, -0.1) is 0 Å². The Balaban J connectivity index is 1.56. The zero-order valence-electron chi connectivity index (χ0n) is 16.3. The Morgan fingerprint density at radius 2 is 1.81 bits per heavy atom. The van der Waals surface area contributed by atoms with E-state index < -0.39 is 68.1 Å². The SMILES string of the molecule is O=C(C=Cc1ccc(O)cc1)OC[C@H]1O[C@@H](O[C@H]2CC(=O)O[C@@H]2CO)[C@H](O)[C@@H](O)[C@@H]1O. The zero-order chi connectivity index (χ0) is 22.5. The number of hydrogen-bond acceptors (Lipinski definition) is 11. The Labute approximate surface area is 177 Å². The van der Waals surface area contributed by atoms with Crippen LogP contribution in [0.4, 0.5) is 0 Å². The fourth-order valence-electron chi connectivity index (χ4n) is 3.18. The van der Waals surface area contributed by atoms with E-state index in [0.717, 1.165) is 6.08 Å². The first-order valence-electron chi connectivity index (χ1n) is 9.58. The fourth-order valence-corrected chi connectivity index (χ4v) is 3.18. The maximum Gasteiger partial charge on any atom is 0.330 e. The van der Waals surface area contributed by atoms with E-state index in [1.807, 2.05) is 0 Å². The van der Waals surface area contributed by atoms with Gasteiger partial charge >= 0.3 is 11.9 Å². The molecule has 0 unspecified atom stereocenters. The zero-order valence-corrected chi connectivity index (χ0v) is 16.3. The van der Waals surface area contributed by atoms with E-state index in [1.54, 1.807) is 12.1 Å². The molecule has 0 amide bonds. The highest BCUT2D eigenvalue weighted by molar-refractivity contribution is 5.87. The predicted molar refractivity (Wildman–Crippen MR) is 101 cm³/mol. The van der Waals surface area contributed by atoms with Crippen LogP contribution in [0.3, 0.4) is 0 Å². The molecule has 11 nitrogen and oxygen atoms in total. The molecule has 1 aromatic carbocycles. The summed E-state index contributed by atoms with van der Waals surface area (Å²) in [5, 5.41) is 48.9. The molecule has 0 saturated carbocycles. The van der Waals surface area contributed by atoms with Crippen molar-refractivity contribution < 1.29 is 54.1 Å². The lowest BCUT2D eigenvalue weighted by molar-refractivity contribution is -0.314. The molecule has 2 heterocycles. The maximum absolute atomic E-state index is 11.9. The van der Waals surface area contributed by atoms with Crippen LogP contribution in [-0.4, -0.2) is 93.6 Å². The number of aromatic hydroxyl groups is 1. The average Bonchev–Trinajstić information content (AvgIpc) is 3.12. The van der Waals surface area contributed by atoms with Gasteiger partial charge in [-0.25, -0.2) is 4.79 Å². The first kappa shape index (κ1) is 23.1. The number of cyclic esters (lactones) is 1. The van der Waals surface area contributed by atoms with Gasteiger partial charge in [-0.1, -0.05) is 12.1 Å². The first-order chi connectivity index (χ1) is 14.8. The summed E-state index contributed by atoms with van der Waals surface area (Å²) in [6.07, 6.45) is -7.03. The molecule has 0 bridgehead atoms. The molecule has 2 fully saturated rings. The van der Waals surface area contributed by atoms with Crippen molar-refractivity contribution in [3.63, 3.8) is 0 Å². The molecule has 31 heavy (non-hydrogen) atoms. The summed E-state index contributed by atoms with van der Waals surface area (Å²) in [7, 11) is 0. The highest BCUT2D eigenvalue weighted by Crippen LogP contribution is 2.27. The Bertz CT molecular complexity index is 793. The van der Waals surface area contributed by atoms with Crippen LogP contribution in [0, 0.1) is 0 Å². The van der Waals surface area contributed by atoms with E-state index in [1.165, 1.54) is 18.2 Å². The van der Waals surface area contributed by atoms with E-state index in [2.05, 4.69) is 0 Å². The number of hydrogen-bond donors (Lipinski definition) is 5. The second kappa shape index (κ2) is 10.2. The summed E-state index contributed by atoms with van der Waals surface area (Å²) < 4.78 is 20.8. The molecule has 170 valence electrons. The topological polar surface area (TPSA) is 172 Å². The molecule has 2 aliphatic heterocycles. The molecule has 0 spiro atoms. The van der Waals surface area contributed by atoms with Crippen molar-refractivity contribution in [2.75, 3.05) is 13.2 Å². The molecular formula is C20H24O11. The monoisotopic (exact) mass is 440 g/mol. The van der Waals surface area contributed by atoms with Crippen molar-refractivity contribution in [2.24, 2.45) is 0 Å². The van der Waals surface area contributed by atoms with Crippen LogP contribution < -0.4 is 0 Å². The second-order valence-corrected chi connectivity index (χ2v) is 7.16. The Morgan fingerprint density at radius 3 is 2.48 bits per heavy atom. The van der Waals surface area contributed by atoms with Gasteiger partial charge in [0.15, 0.2) is 12.4 Å². The van der Waals surface area contributed by atoms with Gasteiger partial charge < -0.3 is 44.5 Å². The van der Waals surface area contributed by atoms with Crippen molar-refractivity contribution in [1.82, 2.24) is 0 Å². The predicted octanol–water partition coefficient (Wildman–Crippen LogP) is -1.55. The average molecular weight is 440 g/mol. The number of phenols is 1. The summed E-state index contributed by atoms with van der Waals surface area (Å²) in [6, 6.07) is 6.08. The number of esters is 2. The molecule has 0 aromatic heterocycles. The first-order valence-corrected chi connectivity index (χ1v) is 9.58. The molecule has 5 N–H and O–H groups in total. The summed E-state index contributed by atoms with van der Waals surface area (Å²) in [5.41, 5.74) is 0.641. The lowest BCUT2D eigenvalue weighted by Gasteiger charge is -2.40. The van der Waals surface area contributed by atoms with Gasteiger partial charge in [0.05, 0.1) is 13.0 Å². The normalized spacial score (nSPS) is 33.4. The second-order valence-electron chi connectivity index (χ2n) is 7.16. The van der Waals surface area contributed by atoms with Crippen molar-refractivity contribution in [1.29, 1.82) is 0 Å². The van der Waals surface area contributed by atoms with Crippen LogP contribution in [0.5, 0.6) is 5.75 Å². The van der Waals surface area contributed by atoms with Gasteiger partial charge in [0.2, 0.25) is 0 Å². The number of aliphatic hydroxyl groups is 4. The van der Waals surface area contributed by atoms with Crippen molar-refractivity contribution in [3.05, 3.63) is 35.9 Å². The molecule has 2 aliphatic rings. The standard InChI is InChI=1S/C20H24O11/c21-8-13-12(7-16(24)29-13)30-20-19(27)18(26)17(25)14(31-20)9-28-15(23)6-3-10-1-4-11(22)5-2-10/h1-6,12-14,17-22,25-27H,7-9H2/t12-,13+,14+,17+,18-,19+,20+/m0/s1. The summed E-state index contributed by atoms with van der Waals surface area (Å²) in [5.74, 6) is -1.27. The highest BCUT2D eigenvalue weighted by Gasteiger charge is 2.47. The molecule has 2 saturated heterocycles. The van der Waals surface area contributed by atoms with E-state index >= 15 is 0 Å². The van der Waals surface area contributed by atoms with Crippen LogP contribution >= 0.6 is 0 Å². The number of rotatable bonds is 7. The number of benzene rings is 1. The largest absolute Gasteiger partial charge is 0.508 e. The van der Waals surface area contributed by atoms with Crippen LogP contribution in [0.25, 0.3) is 6.08 Å². The van der Waals surface area contributed by atoms with Crippen LogP contribution in [0.15, 0.2) is 30.3 Å². The summed E-state index contributed by atoms with van der Waals surface area (Å²) in [6.45, 7) is -0.952. The third-order valence-corrected chi connectivity index (χ3v) is 4.92. The Kier molecular flexibility index (Phi) is 7.59. The van der Waals surface area contributed by atoms with Crippen LogP contribution in [-0.2, 0) is 28.5 Å². The summed E-state index contributed by atoms with van der Waals surface area (Å²) >= 11 is 0. The van der Waals surface area contributed by atoms with Gasteiger partial charge in [0.25, 0.3) is 0 Å². The van der Waals surface area contributed by atoms with Gasteiger partial charge in [-0.05, 0) is 23.8 Å². The van der Waals surface area contributed by atoms with E-state index in [4.69, 9.17) is 18.9 Å². The maximum atomic E-state index is 11.9. The van der Waals surface area contributed by atoms with Gasteiger partial charge in [0.1, 0.15) is 42.9 Å². The van der Waals surface area contributed by atoms with E-state index in [9.17, 15) is 35.1 Å². The quantitative estimate of drug-likeness (QED) is 0.245. The fraction of sp³-hybridized carbons (Fsp3) is 0.500. The Hall–Kier alpha value is -2.54. The van der Waals surface area contributed by atoms with E-state index in [0.29, 0.717) is 5.56 Å². The number of aliphatic hydroxyl groups excluding tert-OH is 4. The lowest BCUT2D eigenvalue weighted by atomic mass is 9.99. The number of carbonyl (C=O) groups is 2. The van der Waals surface area contributed by atoms with Crippen molar-refractivity contribution in [2.45, 2.75) is 49.3 Å². The minimum absolute atomic E-state index is 0.0829. The van der Waals surface area contributed by atoms with Crippen LogP contribution in [0.2, 0.25) is 0 Å². The van der Waals surface area contributed by atoms with Crippen molar-refractivity contribution in [3.8, 4) is 5.75 Å². The minimum atomic E-state index is -1.67. The lowest BCUT2D eigenvalue weighted by Crippen LogP contribution is -2.60. The molecule has 3 rings (SSSR count). The van der Waals surface area contributed by atoms with Crippen LogP contribution in [0.1, 0.15) is 12.0 Å². The van der Waals surface area contributed by atoms with Gasteiger partial charge in [0, 0.05) is 6.08 Å². The number of carbonyl (C=O) groups excluding carboxylic acids is 2. The Morgan fingerprint density at radius 1 is 1.10 bits per heavy atom. The van der Waals surface area contributed by atoms with Gasteiger partial charge in [-0.2, -0.15) is 0 Å². The third-order valence-electron chi connectivity index (χ3n) is 4.92. The molecular weight excluding hydrogens is 416 g/mol. The molecule has 1 aromatic rings. The smallest absolute Gasteiger partial charge is 0.330 e. The van der Waals surface area contributed by atoms with Crippen molar-refractivity contribution >= 4 is 18.0 Å². The number of ether oxygens (including phenoxy) is 4. The van der Waals surface area contributed by atoms with Gasteiger partial charge in [-0.3, -0.25) is 4.79 Å². The third kappa shape index (κ3) is 5.79. The van der Waals surface area contributed by atoms with E-state index in [-0.39, 0.29) is 12.2 Å². The number of phenolic OH excluding ortho intramolecular Hbond substituents is 1. The molecule has 0 aliphatic carbocycles. The molecule has 7 atom stereocenters.